The zero-order valence-corrected chi connectivity index (χ0v) is 19.5. The maximum absolute atomic E-state index is 10.9. The molecule has 5 heteroatoms. The van der Waals surface area contributed by atoms with Gasteiger partial charge in [0.15, 0.2) is 11.5 Å². The van der Waals surface area contributed by atoms with Crippen molar-refractivity contribution in [3.8, 4) is 39.9 Å². The lowest BCUT2D eigenvalue weighted by atomic mass is 9.92. The molecule has 8 rings (SSSR count). The van der Waals surface area contributed by atoms with Gasteiger partial charge in [0.1, 0.15) is 17.2 Å². The Bertz CT molecular complexity index is 1330. The molecule has 4 aromatic carbocycles. The number of benzene rings is 4. The second-order valence-electron chi connectivity index (χ2n) is 8.32. The molecule has 166 valence electrons. The largest absolute Gasteiger partial charge is 0.507 e. The van der Waals surface area contributed by atoms with Gasteiger partial charge in [-0.05, 0) is 90.4 Å². The fourth-order valence-corrected chi connectivity index (χ4v) is 4.85. The van der Waals surface area contributed by atoms with E-state index in [4.69, 9.17) is 4.74 Å². The number of phenolic OH excluding ortho intramolecular Hbond substituents is 3. The molecule has 0 saturated heterocycles. The first-order valence-electron chi connectivity index (χ1n) is 10.9. The average molecular weight is 503 g/mol. The van der Waals surface area contributed by atoms with E-state index in [9.17, 15) is 15.3 Å². The van der Waals surface area contributed by atoms with Crippen molar-refractivity contribution < 1.29 is 20.1 Å². The highest BCUT2D eigenvalue weighted by Crippen LogP contribution is 2.41. The molecular weight excluding hydrogens is 480 g/mol. The molecular formula is C28H23BrO4. The van der Waals surface area contributed by atoms with Gasteiger partial charge in [0, 0.05) is 15.6 Å². The molecule has 4 aliphatic heterocycles. The number of hydrogen-bond acceptors (Lipinski definition) is 4. The molecule has 0 unspecified atom stereocenters. The van der Waals surface area contributed by atoms with Crippen molar-refractivity contribution in [1.82, 2.24) is 0 Å². The van der Waals surface area contributed by atoms with Crippen molar-refractivity contribution in [1.29, 1.82) is 0 Å². The van der Waals surface area contributed by atoms with Gasteiger partial charge in [-0.15, -0.1) is 0 Å². The lowest BCUT2D eigenvalue weighted by Gasteiger charge is -2.16. The lowest BCUT2D eigenvalue weighted by molar-refractivity contribution is 0.410. The summed E-state index contributed by atoms with van der Waals surface area (Å²) >= 11 is 3.66. The van der Waals surface area contributed by atoms with Crippen LogP contribution in [-0.2, 0) is 25.7 Å². The predicted molar refractivity (Wildman–Crippen MR) is 132 cm³/mol. The standard InChI is InChI=1S/C28H23BrO4/c29-23-16-22-26(32)15-20(23)10-5-18-8-13-24(30)27(14-18)33-21-11-6-17(7-12-21)4-9-19-2-1-3-25(31)28(19)22/h1-3,6-8,11-16,30-32H,4-5,9-10H2. The summed E-state index contributed by atoms with van der Waals surface area (Å²) in [7, 11) is 0. The first-order valence-corrected chi connectivity index (χ1v) is 11.7. The molecule has 4 aliphatic rings. The molecule has 6 bridgehead atoms. The van der Waals surface area contributed by atoms with E-state index in [-0.39, 0.29) is 17.2 Å². The predicted octanol–water partition coefficient (Wildman–Crippen LogP) is 6.91. The molecule has 0 fully saturated rings. The van der Waals surface area contributed by atoms with Gasteiger partial charge < -0.3 is 20.1 Å². The van der Waals surface area contributed by atoms with Crippen molar-refractivity contribution >= 4 is 15.9 Å². The summed E-state index contributed by atoms with van der Waals surface area (Å²) in [5.74, 6) is 1.46. The fourth-order valence-electron chi connectivity index (χ4n) is 4.31. The number of aryl methyl sites for hydroxylation is 4. The van der Waals surface area contributed by atoms with Gasteiger partial charge >= 0.3 is 0 Å². The van der Waals surface area contributed by atoms with Crippen LogP contribution in [0.4, 0.5) is 0 Å². The second kappa shape index (κ2) is 8.83. The molecule has 33 heavy (non-hydrogen) atoms. The van der Waals surface area contributed by atoms with Crippen molar-refractivity contribution in [2.24, 2.45) is 0 Å². The Morgan fingerprint density at radius 1 is 0.636 bits per heavy atom. The third kappa shape index (κ3) is 4.41. The summed E-state index contributed by atoms with van der Waals surface area (Å²) < 4.78 is 6.82. The summed E-state index contributed by atoms with van der Waals surface area (Å²) in [5.41, 5.74) is 5.32. The zero-order chi connectivity index (χ0) is 22.9. The molecule has 4 heterocycles. The summed E-state index contributed by atoms with van der Waals surface area (Å²) in [5, 5.41) is 31.9. The maximum atomic E-state index is 10.9. The highest BCUT2D eigenvalue weighted by Gasteiger charge is 2.17. The Kier molecular flexibility index (Phi) is 5.73. The molecule has 3 N–H and O–H groups in total. The van der Waals surface area contributed by atoms with E-state index >= 15 is 0 Å². The number of ether oxygens (including phenoxy) is 1. The van der Waals surface area contributed by atoms with Gasteiger partial charge in [0.05, 0.1) is 0 Å². The van der Waals surface area contributed by atoms with E-state index in [1.54, 1.807) is 18.2 Å². The van der Waals surface area contributed by atoms with Gasteiger partial charge in [0.2, 0.25) is 0 Å². The Labute approximate surface area is 200 Å². The first-order chi connectivity index (χ1) is 16.0. The number of rotatable bonds is 0. The minimum absolute atomic E-state index is 0.0943. The number of hydrogen-bond donors (Lipinski definition) is 3. The van der Waals surface area contributed by atoms with E-state index in [0.717, 1.165) is 33.1 Å². The minimum atomic E-state index is 0.0943. The van der Waals surface area contributed by atoms with E-state index < -0.39 is 0 Å². The number of halogens is 1. The maximum Gasteiger partial charge on any atom is 0.169 e. The quantitative estimate of drug-likeness (QED) is 0.244. The van der Waals surface area contributed by atoms with Crippen molar-refractivity contribution in [3.63, 3.8) is 0 Å². The van der Waals surface area contributed by atoms with E-state index in [0.29, 0.717) is 41.9 Å². The number of aromatic hydroxyl groups is 3. The molecule has 0 atom stereocenters. The molecule has 0 aliphatic carbocycles. The number of phenols is 3. The molecule has 0 spiro atoms. The van der Waals surface area contributed by atoms with Crippen LogP contribution in [0.1, 0.15) is 22.3 Å². The van der Waals surface area contributed by atoms with Crippen LogP contribution in [0.2, 0.25) is 0 Å². The van der Waals surface area contributed by atoms with Gasteiger partial charge in [-0.3, -0.25) is 0 Å². The molecule has 0 amide bonds. The smallest absolute Gasteiger partial charge is 0.169 e. The SMILES string of the molecule is Oc1ccc2cc1Oc1ccc(cc1)CCc1cccc(O)c1-c1cc(Br)c(cc1O)CC2. The summed E-state index contributed by atoms with van der Waals surface area (Å²) in [4.78, 5) is 0. The Balaban J connectivity index is 1.63. The van der Waals surface area contributed by atoms with Gasteiger partial charge in [-0.2, -0.15) is 0 Å². The summed E-state index contributed by atoms with van der Waals surface area (Å²) in [6.45, 7) is 0. The highest BCUT2D eigenvalue weighted by molar-refractivity contribution is 9.10. The molecule has 4 aromatic rings. The van der Waals surface area contributed by atoms with Crippen LogP contribution in [0.15, 0.2) is 77.3 Å². The summed E-state index contributed by atoms with van der Waals surface area (Å²) in [6.07, 6.45) is 2.85. The van der Waals surface area contributed by atoms with Crippen LogP contribution in [0.5, 0.6) is 28.7 Å². The van der Waals surface area contributed by atoms with Gasteiger partial charge in [0.25, 0.3) is 0 Å². The minimum Gasteiger partial charge on any atom is -0.507 e. The average Bonchev–Trinajstić information content (AvgIpc) is 2.80. The topological polar surface area (TPSA) is 69.9 Å². The highest BCUT2D eigenvalue weighted by atomic mass is 79.9. The van der Waals surface area contributed by atoms with Gasteiger partial charge in [-0.1, -0.05) is 46.3 Å². The molecule has 0 radical (unpaired) electrons. The van der Waals surface area contributed by atoms with Crippen LogP contribution in [-0.4, -0.2) is 15.3 Å². The van der Waals surface area contributed by atoms with E-state index in [2.05, 4.69) is 15.9 Å². The third-order valence-electron chi connectivity index (χ3n) is 6.10. The monoisotopic (exact) mass is 502 g/mol. The first kappa shape index (κ1) is 21.4. The third-order valence-corrected chi connectivity index (χ3v) is 6.84. The second-order valence-corrected chi connectivity index (χ2v) is 9.17. The van der Waals surface area contributed by atoms with Crippen molar-refractivity contribution in [2.45, 2.75) is 25.7 Å². The fraction of sp³-hybridized carbons (Fsp3) is 0.143. The van der Waals surface area contributed by atoms with Crippen LogP contribution in [0, 0.1) is 0 Å². The Morgan fingerprint density at radius 3 is 2.18 bits per heavy atom. The molecule has 0 saturated carbocycles. The Morgan fingerprint density at radius 2 is 1.36 bits per heavy atom. The summed E-state index contributed by atoms with van der Waals surface area (Å²) in [6, 6.07) is 22.3. The lowest BCUT2D eigenvalue weighted by Crippen LogP contribution is -1.98. The Hall–Kier alpha value is -3.44. The molecule has 4 nitrogen and oxygen atoms in total. The van der Waals surface area contributed by atoms with E-state index in [1.807, 2.05) is 54.6 Å². The van der Waals surface area contributed by atoms with Crippen LogP contribution < -0.4 is 4.74 Å². The van der Waals surface area contributed by atoms with Crippen LogP contribution >= 0.6 is 15.9 Å². The molecule has 0 aromatic heterocycles. The van der Waals surface area contributed by atoms with Crippen LogP contribution in [0.3, 0.4) is 0 Å². The van der Waals surface area contributed by atoms with Crippen molar-refractivity contribution in [2.75, 3.05) is 0 Å². The van der Waals surface area contributed by atoms with Crippen molar-refractivity contribution in [3.05, 3.63) is 99.5 Å². The zero-order valence-electron chi connectivity index (χ0n) is 17.9. The van der Waals surface area contributed by atoms with Gasteiger partial charge in [-0.25, -0.2) is 0 Å². The normalized spacial score (nSPS) is 13.1. The van der Waals surface area contributed by atoms with E-state index in [1.165, 1.54) is 0 Å². The van der Waals surface area contributed by atoms with Crippen LogP contribution in [0.25, 0.3) is 11.1 Å².